The van der Waals surface area contributed by atoms with Crippen molar-refractivity contribution in [1.82, 2.24) is 14.5 Å². The molecule has 1 aromatic heterocycles. The van der Waals surface area contributed by atoms with Crippen LogP contribution in [0.5, 0.6) is 5.75 Å². The van der Waals surface area contributed by atoms with E-state index in [1.54, 1.807) is 42.7 Å². The van der Waals surface area contributed by atoms with Crippen molar-refractivity contribution in [3.8, 4) is 5.75 Å². The van der Waals surface area contributed by atoms with Crippen LogP contribution < -0.4 is 4.74 Å². The van der Waals surface area contributed by atoms with Gasteiger partial charge in [0.05, 0.1) is 29.4 Å². The maximum absolute atomic E-state index is 13.4. The molecular weight excluding hydrogens is 540 g/mol. The highest BCUT2D eigenvalue weighted by atomic mass is 35.5. The standard InChI is InChI=1S/C14H17N3O2.C13H9ClF2O.C3H4O/c1-16-12-8-10(14(18)19)4-5-11(12)15-13(16)9-17-6-2-3-7-17;14-10-5-6-13(12(16)7-10)17-8-9-3-1-2-4-11(9)15;1-2-4-3-1/h4-5,8H,2-3,6-7,9H2,1H3,(H,18,19);1-7H,8H2;1-2H,3H2. The van der Waals surface area contributed by atoms with E-state index in [-0.39, 0.29) is 18.2 Å². The van der Waals surface area contributed by atoms with Gasteiger partial charge in [0, 0.05) is 17.6 Å². The zero-order valence-corrected chi connectivity index (χ0v) is 22.8. The Morgan fingerprint density at radius 2 is 1.77 bits per heavy atom. The molecular formula is C30H30ClF2N3O4. The van der Waals surface area contributed by atoms with Crippen molar-refractivity contribution in [2.75, 3.05) is 19.7 Å². The van der Waals surface area contributed by atoms with E-state index in [0.29, 0.717) is 16.1 Å². The fourth-order valence-corrected chi connectivity index (χ4v) is 4.27. The van der Waals surface area contributed by atoms with Gasteiger partial charge in [0.2, 0.25) is 0 Å². The number of imidazole rings is 1. The molecule has 4 aromatic rings. The van der Waals surface area contributed by atoms with Crippen molar-refractivity contribution in [3.63, 3.8) is 0 Å². The lowest BCUT2D eigenvalue weighted by Crippen LogP contribution is -2.20. The largest absolute Gasteiger partial charge is 0.497 e. The molecule has 0 saturated carbocycles. The van der Waals surface area contributed by atoms with Crippen molar-refractivity contribution in [1.29, 1.82) is 0 Å². The SMILES string of the molecule is C1=COC1.Cn1c(CN2CCCC2)nc2ccc(C(=O)O)cc21.Fc1ccccc1COc1ccc(Cl)cc1F. The minimum Gasteiger partial charge on any atom is -0.497 e. The van der Waals surface area contributed by atoms with Gasteiger partial charge in [-0.05, 0) is 74.5 Å². The van der Waals surface area contributed by atoms with Gasteiger partial charge in [-0.25, -0.2) is 18.6 Å². The van der Waals surface area contributed by atoms with Crippen LogP contribution in [0.15, 0.2) is 73.0 Å². The second-order valence-electron chi connectivity index (χ2n) is 9.24. The summed E-state index contributed by atoms with van der Waals surface area (Å²) in [6.45, 7) is 3.89. The number of hydrogen-bond acceptors (Lipinski definition) is 5. The molecule has 1 fully saturated rings. The molecule has 2 aliphatic heterocycles. The van der Waals surface area contributed by atoms with Gasteiger partial charge in [0.1, 0.15) is 24.9 Å². The molecule has 0 atom stereocenters. The Kier molecular flexibility index (Phi) is 10.1. The molecule has 1 N–H and O–H groups in total. The van der Waals surface area contributed by atoms with Gasteiger partial charge in [-0.15, -0.1) is 0 Å². The van der Waals surface area contributed by atoms with Crippen molar-refractivity contribution < 1.29 is 28.2 Å². The van der Waals surface area contributed by atoms with Crippen molar-refractivity contribution in [3.05, 3.63) is 107 Å². The van der Waals surface area contributed by atoms with E-state index in [1.807, 2.05) is 17.7 Å². The Morgan fingerprint density at radius 1 is 1.07 bits per heavy atom. The number of aromatic carboxylic acids is 1. The van der Waals surface area contributed by atoms with E-state index in [1.165, 1.54) is 31.0 Å². The number of carboxylic acids is 1. The molecule has 210 valence electrons. The van der Waals surface area contributed by atoms with Gasteiger partial charge in [0.15, 0.2) is 11.6 Å². The summed E-state index contributed by atoms with van der Waals surface area (Å²) in [7, 11) is 1.95. The van der Waals surface area contributed by atoms with Crippen LogP contribution >= 0.6 is 11.6 Å². The van der Waals surface area contributed by atoms with Crippen LogP contribution in [0.4, 0.5) is 8.78 Å². The first-order chi connectivity index (χ1) is 19.3. The summed E-state index contributed by atoms with van der Waals surface area (Å²) in [6, 6.07) is 15.4. The zero-order chi connectivity index (χ0) is 28.5. The average Bonchev–Trinajstić information content (AvgIpc) is 3.51. The molecule has 3 heterocycles. The fraction of sp³-hybridized carbons (Fsp3) is 0.267. The smallest absolute Gasteiger partial charge is 0.335 e. The highest BCUT2D eigenvalue weighted by molar-refractivity contribution is 6.30. The lowest BCUT2D eigenvalue weighted by atomic mass is 10.2. The summed E-state index contributed by atoms with van der Waals surface area (Å²) >= 11 is 5.60. The summed E-state index contributed by atoms with van der Waals surface area (Å²) in [5.41, 5.74) is 2.43. The van der Waals surface area contributed by atoms with E-state index in [0.717, 1.165) is 49.2 Å². The highest BCUT2D eigenvalue weighted by Gasteiger charge is 2.16. The van der Waals surface area contributed by atoms with Crippen LogP contribution in [-0.2, 0) is 24.9 Å². The topological polar surface area (TPSA) is 76.8 Å². The van der Waals surface area contributed by atoms with Crippen LogP contribution in [0.25, 0.3) is 11.0 Å². The minimum atomic E-state index is -0.899. The predicted molar refractivity (Wildman–Crippen MR) is 149 cm³/mol. The molecule has 0 aliphatic carbocycles. The molecule has 7 nitrogen and oxygen atoms in total. The number of likely N-dealkylation sites (tertiary alicyclic amines) is 1. The molecule has 2 aliphatic rings. The average molecular weight is 570 g/mol. The summed E-state index contributed by atoms with van der Waals surface area (Å²) < 4.78 is 38.3. The van der Waals surface area contributed by atoms with Gasteiger partial charge >= 0.3 is 5.97 Å². The Labute approximate surface area is 236 Å². The van der Waals surface area contributed by atoms with E-state index in [9.17, 15) is 13.6 Å². The molecule has 3 aromatic carbocycles. The Morgan fingerprint density at radius 3 is 2.40 bits per heavy atom. The number of rotatable bonds is 6. The highest BCUT2D eigenvalue weighted by Crippen LogP contribution is 2.23. The van der Waals surface area contributed by atoms with Crippen LogP contribution in [-0.4, -0.2) is 45.2 Å². The summed E-state index contributed by atoms with van der Waals surface area (Å²) in [5.74, 6) is -0.781. The monoisotopic (exact) mass is 569 g/mol. The number of aromatic nitrogens is 2. The van der Waals surface area contributed by atoms with Gasteiger partial charge < -0.3 is 19.1 Å². The first-order valence-corrected chi connectivity index (χ1v) is 13.2. The summed E-state index contributed by atoms with van der Waals surface area (Å²) in [6.07, 6.45) is 6.15. The van der Waals surface area contributed by atoms with E-state index in [2.05, 4.69) is 14.6 Å². The number of carboxylic acid groups (broad SMARTS) is 1. The first kappa shape index (κ1) is 29.0. The molecule has 0 radical (unpaired) electrons. The van der Waals surface area contributed by atoms with Crippen molar-refractivity contribution >= 4 is 28.6 Å². The van der Waals surface area contributed by atoms with Gasteiger partial charge in [0.25, 0.3) is 0 Å². The van der Waals surface area contributed by atoms with Crippen LogP contribution in [0.1, 0.15) is 34.6 Å². The number of halogens is 3. The second kappa shape index (κ2) is 13.9. The predicted octanol–water partition coefficient (Wildman–Crippen LogP) is 6.59. The van der Waals surface area contributed by atoms with Gasteiger partial charge in [-0.1, -0.05) is 29.8 Å². The van der Waals surface area contributed by atoms with Crippen LogP contribution in [0.2, 0.25) is 5.02 Å². The molecule has 0 spiro atoms. The van der Waals surface area contributed by atoms with E-state index >= 15 is 0 Å². The molecule has 1 saturated heterocycles. The molecule has 40 heavy (non-hydrogen) atoms. The summed E-state index contributed by atoms with van der Waals surface area (Å²) in [5, 5.41) is 9.33. The number of nitrogens with zero attached hydrogens (tertiary/aromatic N) is 3. The zero-order valence-electron chi connectivity index (χ0n) is 22.0. The number of carbonyl (C=O) groups is 1. The molecule has 0 bridgehead atoms. The lowest BCUT2D eigenvalue weighted by Gasteiger charge is -2.13. The van der Waals surface area contributed by atoms with Crippen LogP contribution in [0.3, 0.4) is 0 Å². The first-order valence-electron chi connectivity index (χ1n) is 12.8. The summed E-state index contributed by atoms with van der Waals surface area (Å²) in [4.78, 5) is 18.0. The maximum atomic E-state index is 13.4. The molecule has 10 heteroatoms. The van der Waals surface area contributed by atoms with Gasteiger partial charge in [-0.2, -0.15) is 0 Å². The van der Waals surface area contributed by atoms with E-state index in [4.69, 9.17) is 21.4 Å². The molecule has 6 rings (SSSR count). The lowest BCUT2D eigenvalue weighted by molar-refractivity contribution is 0.0697. The third-order valence-electron chi connectivity index (χ3n) is 6.40. The number of aryl methyl sites for hydroxylation is 1. The number of ether oxygens (including phenoxy) is 2. The Hall–Kier alpha value is -3.95. The van der Waals surface area contributed by atoms with Gasteiger partial charge in [-0.3, -0.25) is 4.90 Å². The third kappa shape index (κ3) is 7.80. The quantitative estimate of drug-likeness (QED) is 0.282. The number of hydrogen-bond donors (Lipinski definition) is 1. The Balaban J connectivity index is 0.000000163. The third-order valence-corrected chi connectivity index (χ3v) is 6.64. The molecule has 0 unspecified atom stereocenters. The van der Waals surface area contributed by atoms with E-state index < -0.39 is 11.8 Å². The molecule has 0 amide bonds. The second-order valence-corrected chi connectivity index (χ2v) is 9.68. The Bertz CT molecular complexity index is 1480. The normalized spacial score (nSPS) is 13.9. The number of benzene rings is 3. The maximum Gasteiger partial charge on any atom is 0.335 e. The van der Waals surface area contributed by atoms with Crippen LogP contribution in [0, 0.1) is 11.6 Å². The minimum absolute atomic E-state index is 0.0226. The van der Waals surface area contributed by atoms with Crippen molar-refractivity contribution in [2.24, 2.45) is 7.05 Å². The number of fused-ring (bicyclic) bond motifs is 1. The fourth-order valence-electron chi connectivity index (χ4n) is 4.11. The van der Waals surface area contributed by atoms with Crippen molar-refractivity contribution in [2.45, 2.75) is 26.0 Å².